The molecule has 0 fully saturated rings. The third-order valence-corrected chi connectivity index (χ3v) is 2.20. The maximum absolute atomic E-state index is 13.5. The van der Waals surface area contributed by atoms with Crippen LogP contribution in [0.5, 0.6) is 5.75 Å². The molecule has 0 saturated carbocycles. The number of amides is 1. The molecule has 0 spiro atoms. The molecule has 1 aromatic rings. The molecule has 98 valence electrons. The molecule has 0 bridgehead atoms. The van der Waals surface area contributed by atoms with Gasteiger partial charge in [0.05, 0.1) is 7.11 Å². The van der Waals surface area contributed by atoms with Gasteiger partial charge in [0.25, 0.3) is 5.91 Å². The number of ether oxygens (including phenoxy) is 1. The van der Waals surface area contributed by atoms with Gasteiger partial charge < -0.3 is 14.7 Å². The molecule has 1 amide bonds. The van der Waals surface area contributed by atoms with E-state index in [1.807, 2.05) is 0 Å². The van der Waals surface area contributed by atoms with Crippen molar-refractivity contribution in [1.29, 1.82) is 0 Å². The van der Waals surface area contributed by atoms with Crippen LogP contribution in [0.3, 0.4) is 0 Å². The van der Waals surface area contributed by atoms with Crippen LogP contribution in [0.4, 0.5) is 8.78 Å². The molecule has 0 atom stereocenters. The molecule has 0 aliphatic heterocycles. The molecule has 0 unspecified atom stereocenters. The van der Waals surface area contributed by atoms with E-state index in [2.05, 4.69) is 4.74 Å². The van der Waals surface area contributed by atoms with Crippen LogP contribution in [-0.4, -0.2) is 42.6 Å². The molecule has 0 aliphatic rings. The minimum Gasteiger partial charge on any atom is -0.493 e. The number of likely N-dealkylation sites (N-methyl/N-ethyl adjacent to an activating group) is 1. The van der Waals surface area contributed by atoms with Crippen LogP contribution >= 0.6 is 0 Å². The Bertz CT molecular complexity index is 490. The average molecular weight is 259 g/mol. The molecule has 0 radical (unpaired) electrons. The van der Waals surface area contributed by atoms with Crippen molar-refractivity contribution in [1.82, 2.24) is 4.90 Å². The summed E-state index contributed by atoms with van der Waals surface area (Å²) >= 11 is 0. The number of rotatable bonds is 4. The van der Waals surface area contributed by atoms with Crippen LogP contribution < -0.4 is 4.74 Å². The first-order valence-electron chi connectivity index (χ1n) is 4.87. The Morgan fingerprint density at radius 3 is 2.39 bits per heavy atom. The van der Waals surface area contributed by atoms with Crippen molar-refractivity contribution >= 4 is 11.9 Å². The SMILES string of the molecule is COc1c(F)ccc(F)c1C(=O)N(C)CC(=O)O. The highest BCUT2D eigenvalue weighted by atomic mass is 19.1. The largest absolute Gasteiger partial charge is 0.493 e. The van der Waals surface area contributed by atoms with Crippen LogP contribution in [0.2, 0.25) is 0 Å². The number of aliphatic carboxylic acids is 1. The van der Waals surface area contributed by atoms with Crippen LogP contribution in [0.1, 0.15) is 10.4 Å². The van der Waals surface area contributed by atoms with E-state index in [1.165, 1.54) is 7.05 Å². The van der Waals surface area contributed by atoms with Crippen molar-refractivity contribution in [2.24, 2.45) is 0 Å². The molecule has 1 aromatic carbocycles. The monoisotopic (exact) mass is 259 g/mol. The second-order valence-corrected chi connectivity index (χ2v) is 3.49. The Labute approximate surface area is 102 Å². The van der Waals surface area contributed by atoms with Crippen LogP contribution in [0.25, 0.3) is 0 Å². The van der Waals surface area contributed by atoms with Crippen molar-refractivity contribution in [3.63, 3.8) is 0 Å². The van der Waals surface area contributed by atoms with E-state index >= 15 is 0 Å². The molecule has 1 N–H and O–H groups in total. The van der Waals surface area contributed by atoms with E-state index in [1.54, 1.807) is 0 Å². The molecule has 0 heterocycles. The number of carbonyl (C=O) groups is 2. The highest BCUT2D eigenvalue weighted by Gasteiger charge is 2.25. The third kappa shape index (κ3) is 2.73. The Kier molecular flexibility index (Phi) is 4.19. The van der Waals surface area contributed by atoms with Gasteiger partial charge in [-0.25, -0.2) is 8.78 Å². The predicted octanol–water partition coefficient (Wildman–Crippen LogP) is 1.13. The maximum Gasteiger partial charge on any atom is 0.323 e. The number of hydrogen-bond acceptors (Lipinski definition) is 3. The highest BCUT2D eigenvalue weighted by molar-refractivity contribution is 5.98. The van der Waals surface area contributed by atoms with E-state index in [9.17, 15) is 18.4 Å². The normalized spacial score (nSPS) is 10.0. The van der Waals surface area contributed by atoms with Gasteiger partial charge in [-0.2, -0.15) is 0 Å². The lowest BCUT2D eigenvalue weighted by Crippen LogP contribution is -2.32. The molecule has 0 aliphatic carbocycles. The highest BCUT2D eigenvalue weighted by Crippen LogP contribution is 2.26. The number of benzene rings is 1. The summed E-state index contributed by atoms with van der Waals surface area (Å²) in [7, 11) is 2.26. The smallest absolute Gasteiger partial charge is 0.323 e. The van der Waals surface area contributed by atoms with Crippen molar-refractivity contribution in [2.75, 3.05) is 20.7 Å². The summed E-state index contributed by atoms with van der Waals surface area (Å²) in [6.45, 7) is -0.627. The van der Waals surface area contributed by atoms with Gasteiger partial charge in [-0.3, -0.25) is 9.59 Å². The van der Waals surface area contributed by atoms with Gasteiger partial charge >= 0.3 is 5.97 Å². The van der Waals surface area contributed by atoms with Gasteiger partial charge in [-0.05, 0) is 12.1 Å². The van der Waals surface area contributed by atoms with Gasteiger partial charge in [0.15, 0.2) is 11.6 Å². The molecule has 18 heavy (non-hydrogen) atoms. The Balaban J connectivity index is 3.19. The molecule has 5 nitrogen and oxygen atoms in total. The summed E-state index contributed by atoms with van der Waals surface area (Å²) in [6.07, 6.45) is 0. The van der Waals surface area contributed by atoms with E-state index in [0.29, 0.717) is 0 Å². The topological polar surface area (TPSA) is 66.8 Å². The molecule has 1 rings (SSSR count). The van der Waals surface area contributed by atoms with E-state index in [4.69, 9.17) is 5.11 Å². The van der Waals surface area contributed by atoms with E-state index < -0.39 is 41.4 Å². The minimum absolute atomic E-state index is 0.544. The standard InChI is InChI=1S/C11H11F2NO4/c1-14(5-8(15)16)11(17)9-6(12)3-4-7(13)10(9)18-2/h3-4H,5H2,1-2H3,(H,15,16). The first-order chi connectivity index (χ1) is 8.38. The van der Waals surface area contributed by atoms with E-state index in [-0.39, 0.29) is 0 Å². The van der Waals surface area contributed by atoms with Crippen molar-refractivity contribution in [3.8, 4) is 5.75 Å². The molecule has 7 heteroatoms. The number of hydrogen-bond donors (Lipinski definition) is 1. The maximum atomic E-state index is 13.5. The molecule has 0 aromatic heterocycles. The second kappa shape index (κ2) is 5.44. The number of nitrogens with zero attached hydrogens (tertiary/aromatic N) is 1. The average Bonchev–Trinajstić information content (AvgIpc) is 2.29. The van der Waals surface area contributed by atoms with E-state index in [0.717, 1.165) is 24.1 Å². The molecular formula is C11H11F2NO4. The van der Waals surface area contributed by atoms with Crippen LogP contribution in [0, 0.1) is 11.6 Å². The fraction of sp³-hybridized carbons (Fsp3) is 0.273. The predicted molar refractivity (Wildman–Crippen MR) is 57.5 cm³/mol. The van der Waals surface area contributed by atoms with Gasteiger partial charge in [0.1, 0.15) is 17.9 Å². The van der Waals surface area contributed by atoms with Gasteiger partial charge in [0, 0.05) is 7.05 Å². The van der Waals surface area contributed by atoms with Crippen molar-refractivity contribution < 1.29 is 28.2 Å². The summed E-state index contributed by atoms with van der Waals surface area (Å²) < 4.78 is 31.5. The van der Waals surface area contributed by atoms with Gasteiger partial charge in [-0.1, -0.05) is 0 Å². The van der Waals surface area contributed by atoms with Crippen LogP contribution in [-0.2, 0) is 4.79 Å². The Morgan fingerprint density at radius 2 is 1.89 bits per heavy atom. The lowest BCUT2D eigenvalue weighted by Gasteiger charge is -2.17. The lowest BCUT2D eigenvalue weighted by atomic mass is 10.1. The van der Waals surface area contributed by atoms with Crippen molar-refractivity contribution in [2.45, 2.75) is 0 Å². The summed E-state index contributed by atoms with van der Waals surface area (Å²) in [6, 6.07) is 1.60. The first kappa shape index (κ1) is 13.9. The summed E-state index contributed by atoms with van der Waals surface area (Å²) in [4.78, 5) is 23.0. The Morgan fingerprint density at radius 1 is 1.33 bits per heavy atom. The first-order valence-corrected chi connectivity index (χ1v) is 4.87. The minimum atomic E-state index is -1.26. The van der Waals surface area contributed by atoms with Gasteiger partial charge in [-0.15, -0.1) is 0 Å². The summed E-state index contributed by atoms with van der Waals surface area (Å²) in [5, 5.41) is 8.54. The lowest BCUT2D eigenvalue weighted by molar-refractivity contribution is -0.137. The fourth-order valence-corrected chi connectivity index (χ4v) is 1.40. The fourth-order valence-electron chi connectivity index (χ4n) is 1.40. The Hall–Kier alpha value is -2.18. The zero-order valence-electron chi connectivity index (χ0n) is 9.74. The number of halogens is 2. The number of carboxylic acids is 1. The van der Waals surface area contributed by atoms with Crippen molar-refractivity contribution in [3.05, 3.63) is 29.3 Å². The number of carboxylic acid groups (broad SMARTS) is 1. The quantitative estimate of drug-likeness (QED) is 0.880. The molecular weight excluding hydrogens is 248 g/mol. The van der Waals surface area contributed by atoms with Gasteiger partial charge in [0.2, 0.25) is 0 Å². The summed E-state index contributed by atoms with van der Waals surface area (Å²) in [5.41, 5.74) is -0.624. The third-order valence-electron chi connectivity index (χ3n) is 2.20. The zero-order valence-corrected chi connectivity index (χ0v) is 9.74. The molecule has 0 saturated heterocycles. The number of methoxy groups -OCH3 is 1. The van der Waals surface area contributed by atoms with Crippen LogP contribution in [0.15, 0.2) is 12.1 Å². The zero-order chi connectivity index (χ0) is 13.9. The summed E-state index contributed by atoms with van der Waals surface area (Å²) in [5.74, 6) is -4.65. The number of carbonyl (C=O) groups excluding carboxylic acids is 1. The second-order valence-electron chi connectivity index (χ2n) is 3.49.